The van der Waals surface area contributed by atoms with Gasteiger partial charge in [0.2, 0.25) is 5.91 Å². The van der Waals surface area contributed by atoms with Crippen LogP contribution in [0.1, 0.15) is 32.3 Å². The first-order valence-corrected chi connectivity index (χ1v) is 6.55. The molecular formula is C15H24N2O. The largest absolute Gasteiger partial charge is 0.344 e. The van der Waals surface area contributed by atoms with E-state index in [4.69, 9.17) is 5.73 Å². The summed E-state index contributed by atoms with van der Waals surface area (Å²) in [6.45, 7) is 4.57. The first kappa shape index (κ1) is 14.7. The molecule has 18 heavy (non-hydrogen) atoms. The molecule has 0 heterocycles. The third kappa shape index (κ3) is 4.15. The van der Waals surface area contributed by atoms with Gasteiger partial charge in [-0.2, -0.15) is 0 Å². The highest BCUT2D eigenvalue weighted by Gasteiger charge is 2.29. The molecule has 0 aliphatic heterocycles. The SMILES string of the molecule is CCCC(C)(N)C(=O)N(C)CCc1ccccc1. The number of amides is 1. The lowest BCUT2D eigenvalue weighted by Crippen LogP contribution is -2.52. The zero-order valence-corrected chi connectivity index (χ0v) is 11.6. The van der Waals surface area contributed by atoms with Gasteiger partial charge in [0, 0.05) is 13.6 Å². The maximum Gasteiger partial charge on any atom is 0.242 e. The maximum atomic E-state index is 12.2. The summed E-state index contributed by atoms with van der Waals surface area (Å²) in [5, 5.41) is 0. The number of rotatable bonds is 6. The molecule has 0 fully saturated rings. The molecule has 1 aromatic rings. The molecule has 2 N–H and O–H groups in total. The van der Waals surface area contributed by atoms with Gasteiger partial charge in [-0.05, 0) is 25.3 Å². The number of nitrogens with two attached hydrogens (primary N) is 1. The summed E-state index contributed by atoms with van der Waals surface area (Å²) in [5.41, 5.74) is 6.56. The van der Waals surface area contributed by atoms with Gasteiger partial charge in [-0.1, -0.05) is 43.7 Å². The van der Waals surface area contributed by atoms with Crippen molar-refractivity contribution >= 4 is 5.91 Å². The fraction of sp³-hybridized carbons (Fsp3) is 0.533. The van der Waals surface area contributed by atoms with E-state index in [2.05, 4.69) is 12.1 Å². The Kier molecular flexibility index (Phi) is 5.35. The quantitative estimate of drug-likeness (QED) is 0.839. The second-order valence-corrected chi connectivity index (χ2v) is 5.13. The summed E-state index contributed by atoms with van der Waals surface area (Å²) >= 11 is 0. The zero-order valence-electron chi connectivity index (χ0n) is 11.6. The summed E-state index contributed by atoms with van der Waals surface area (Å²) < 4.78 is 0. The summed E-state index contributed by atoms with van der Waals surface area (Å²) in [6.07, 6.45) is 2.51. The second kappa shape index (κ2) is 6.55. The predicted molar refractivity (Wildman–Crippen MR) is 75.3 cm³/mol. The molecule has 0 saturated carbocycles. The Bertz CT molecular complexity index is 373. The normalized spacial score (nSPS) is 14.0. The van der Waals surface area contributed by atoms with E-state index in [0.717, 1.165) is 19.3 Å². The van der Waals surface area contributed by atoms with E-state index in [0.29, 0.717) is 6.54 Å². The summed E-state index contributed by atoms with van der Waals surface area (Å²) in [6, 6.07) is 10.2. The van der Waals surface area contributed by atoms with E-state index in [1.165, 1.54) is 5.56 Å². The predicted octanol–water partition coefficient (Wildman–Crippen LogP) is 2.21. The molecule has 1 atom stereocenters. The monoisotopic (exact) mass is 248 g/mol. The van der Waals surface area contributed by atoms with Gasteiger partial charge in [-0.3, -0.25) is 4.79 Å². The third-order valence-corrected chi connectivity index (χ3v) is 3.18. The first-order chi connectivity index (χ1) is 8.47. The molecule has 1 aromatic carbocycles. The number of carbonyl (C=O) groups is 1. The van der Waals surface area contributed by atoms with Crippen LogP contribution >= 0.6 is 0 Å². The molecule has 3 heteroatoms. The number of benzene rings is 1. The van der Waals surface area contributed by atoms with Crippen molar-refractivity contribution in [2.75, 3.05) is 13.6 Å². The van der Waals surface area contributed by atoms with Crippen LogP contribution in [0.5, 0.6) is 0 Å². The molecule has 0 spiro atoms. The van der Waals surface area contributed by atoms with Crippen LogP contribution in [0.15, 0.2) is 30.3 Å². The van der Waals surface area contributed by atoms with E-state index < -0.39 is 5.54 Å². The Morgan fingerprint density at radius 3 is 2.50 bits per heavy atom. The average molecular weight is 248 g/mol. The number of nitrogens with zero attached hydrogens (tertiary/aromatic N) is 1. The molecule has 0 aliphatic rings. The van der Waals surface area contributed by atoms with Crippen molar-refractivity contribution in [3.8, 4) is 0 Å². The average Bonchev–Trinajstić information content (AvgIpc) is 2.36. The maximum absolute atomic E-state index is 12.2. The standard InChI is InChI=1S/C15H24N2O/c1-4-11-15(2,16)14(18)17(3)12-10-13-8-6-5-7-9-13/h5-9H,4,10-12,16H2,1-3H3. The Morgan fingerprint density at radius 1 is 1.33 bits per heavy atom. The van der Waals surface area contributed by atoms with Crippen LogP contribution in [-0.2, 0) is 11.2 Å². The lowest BCUT2D eigenvalue weighted by molar-refractivity contribution is -0.135. The lowest BCUT2D eigenvalue weighted by Gasteiger charge is -2.29. The highest BCUT2D eigenvalue weighted by Crippen LogP contribution is 2.12. The lowest BCUT2D eigenvalue weighted by atomic mass is 9.96. The first-order valence-electron chi connectivity index (χ1n) is 6.55. The zero-order chi connectivity index (χ0) is 13.6. The van der Waals surface area contributed by atoms with E-state index in [1.54, 1.807) is 4.90 Å². The Hall–Kier alpha value is -1.35. The van der Waals surface area contributed by atoms with Crippen LogP contribution in [0.2, 0.25) is 0 Å². The summed E-state index contributed by atoms with van der Waals surface area (Å²) in [4.78, 5) is 13.9. The van der Waals surface area contributed by atoms with Crippen LogP contribution in [-0.4, -0.2) is 29.9 Å². The minimum Gasteiger partial charge on any atom is -0.344 e. The van der Waals surface area contributed by atoms with Crippen molar-refractivity contribution in [1.82, 2.24) is 4.90 Å². The van der Waals surface area contributed by atoms with Crippen LogP contribution < -0.4 is 5.73 Å². The molecule has 0 aliphatic carbocycles. The van der Waals surface area contributed by atoms with Gasteiger partial charge in [0.05, 0.1) is 5.54 Å². The molecule has 1 rings (SSSR count). The van der Waals surface area contributed by atoms with Gasteiger partial charge in [0.15, 0.2) is 0 Å². The van der Waals surface area contributed by atoms with Gasteiger partial charge in [-0.15, -0.1) is 0 Å². The topological polar surface area (TPSA) is 46.3 Å². The van der Waals surface area contributed by atoms with E-state index in [9.17, 15) is 4.79 Å². The van der Waals surface area contributed by atoms with Crippen molar-refractivity contribution < 1.29 is 4.79 Å². The van der Waals surface area contributed by atoms with E-state index in [-0.39, 0.29) is 5.91 Å². The summed E-state index contributed by atoms with van der Waals surface area (Å²) in [5.74, 6) is 0.0280. The fourth-order valence-electron chi connectivity index (χ4n) is 2.11. The fourth-order valence-corrected chi connectivity index (χ4v) is 2.11. The van der Waals surface area contributed by atoms with Crippen molar-refractivity contribution in [2.45, 2.75) is 38.6 Å². The Balaban J connectivity index is 2.50. The molecule has 0 bridgehead atoms. The molecular weight excluding hydrogens is 224 g/mol. The van der Waals surface area contributed by atoms with Crippen LogP contribution in [0.25, 0.3) is 0 Å². The van der Waals surface area contributed by atoms with Gasteiger partial charge < -0.3 is 10.6 Å². The smallest absolute Gasteiger partial charge is 0.242 e. The second-order valence-electron chi connectivity index (χ2n) is 5.13. The van der Waals surface area contributed by atoms with Crippen LogP contribution in [0.4, 0.5) is 0 Å². The minimum atomic E-state index is -0.736. The highest BCUT2D eigenvalue weighted by atomic mass is 16.2. The molecule has 1 amide bonds. The van der Waals surface area contributed by atoms with Crippen LogP contribution in [0, 0.1) is 0 Å². The number of hydrogen-bond acceptors (Lipinski definition) is 2. The molecule has 3 nitrogen and oxygen atoms in total. The van der Waals surface area contributed by atoms with Crippen molar-refractivity contribution in [2.24, 2.45) is 5.73 Å². The van der Waals surface area contributed by atoms with Gasteiger partial charge in [0.1, 0.15) is 0 Å². The number of carbonyl (C=O) groups excluding carboxylic acids is 1. The van der Waals surface area contributed by atoms with Gasteiger partial charge in [0.25, 0.3) is 0 Å². The molecule has 0 aromatic heterocycles. The van der Waals surface area contributed by atoms with Crippen LogP contribution in [0.3, 0.4) is 0 Å². The van der Waals surface area contributed by atoms with Crippen molar-refractivity contribution in [3.63, 3.8) is 0 Å². The molecule has 0 saturated heterocycles. The van der Waals surface area contributed by atoms with E-state index >= 15 is 0 Å². The Labute approximate surface area is 110 Å². The minimum absolute atomic E-state index is 0.0280. The summed E-state index contributed by atoms with van der Waals surface area (Å²) in [7, 11) is 1.83. The number of likely N-dealkylation sites (N-methyl/N-ethyl adjacent to an activating group) is 1. The Morgan fingerprint density at radius 2 is 1.94 bits per heavy atom. The van der Waals surface area contributed by atoms with E-state index in [1.807, 2.05) is 39.1 Å². The molecule has 0 radical (unpaired) electrons. The highest BCUT2D eigenvalue weighted by molar-refractivity contribution is 5.85. The van der Waals surface area contributed by atoms with Gasteiger partial charge >= 0.3 is 0 Å². The van der Waals surface area contributed by atoms with Gasteiger partial charge in [-0.25, -0.2) is 0 Å². The van der Waals surface area contributed by atoms with Crippen molar-refractivity contribution in [1.29, 1.82) is 0 Å². The van der Waals surface area contributed by atoms with Crippen molar-refractivity contribution in [3.05, 3.63) is 35.9 Å². The molecule has 100 valence electrons. The number of hydrogen-bond donors (Lipinski definition) is 1. The molecule has 1 unspecified atom stereocenters. The third-order valence-electron chi connectivity index (χ3n) is 3.18.